The minimum atomic E-state index is 0.584. The third-order valence-corrected chi connectivity index (χ3v) is 5.34. The fraction of sp³-hybridized carbons (Fsp3) is 0.316. The van der Waals surface area contributed by atoms with Gasteiger partial charge in [0.05, 0.1) is 18.8 Å². The topological polar surface area (TPSA) is 83.0 Å². The maximum absolute atomic E-state index is 5.27. The summed E-state index contributed by atoms with van der Waals surface area (Å²) in [5, 5.41) is 9.62. The molecule has 4 rings (SSSR count). The molecule has 0 radical (unpaired) electrons. The first-order chi connectivity index (χ1) is 13.7. The number of nitrogens with zero attached hydrogens (tertiary/aromatic N) is 7. The Hall–Kier alpha value is -2.78. The minimum Gasteiger partial charge on any atom is -0.383 e. The molecule has 0 aliphatic carbocycles. The second-order valence-corrected chi connectivity index (χ2v) is 7.36. The Morgan fingerprint density at radius 1 is 1.11 bits per heavy atom. The molecule has 0 saturated heterocycles. The molecule has 0 bridgehead atoms. The van der Waals surface area contributed by atoms with Crippen LogP contribution >= 0.6 is 11.8 Å². The monoisotopic (exact) mass is 395 g/mol. The number of rotatable bonds is 7. The zero-order valence-electron chi connectivity index (χ0n) is 16.0. The first-order valence-corrected chi connectivity index (χ1v) is 9.92. The van der Waals surface area contributed by atoms with Crippen LogP contribution in [-0.2, 0) is 17.0 Å². The molecular formula is C19H21N7OS. The summed E-state index contributed by atoms with van der Waals surface area (Å²) in [6, 6.07) is 5.91. The van der Waals surface area contributed by atoms with Crippen LogP contribution in [0.4, 0.5) is 0 Å². The normalized spacial score (nSPS) is 11.4. The van der Waals surface area contributed by atoms with E-state index in [9.17, 15) is 0 Å². The number of imidazole rings is 1. The SMILES string of the molecule is COCCn1c(SCc2cn3c(C)cc(C)nc3n2)nnc1-c1ccncc1. The number of pyridine rings is 1. The van der Waals surface area contributed by atoms with Crippen LogP contribution in [0.25, 0.3) is 17.2 Å². The van der Waals surface area contributed by atoms with E-state index < -0.39 is 0 Å². The quantitative estimate of drug-likeness (QED) is 0.445. The van der Waals surface area contributed by atoms with Crippen molar-refractivity contribution in [2.45, 2.75) is 31.3 Å². The summed E-state index contributed by atoms with van der Waals surface area (Å²) < 4.78 is 9.36. The highest BCUT2D eigenvalue weighted by molar-refractivity contribution is 7.98. The maximum Gasteiger partial charge on any atom is 0.234 e. The van der Waals surface area contributed by atoms with Crippen LogP contribution in [-0.4, -0.2) is 47.8 Å². The van der Waals surface area contributed by atoms with Gasteiger partial charge in [-0.15, -0.1) is 10.2 Å². The van der Waals surface area contributed by atoms with E-state index in [4.69, 9.17) is 4.74 Å². The van der Waals surface area contributed by atoms with Gasteiger partial charge in [-0.3, -0.25) is 14.0 Å². The Bertz CT molecular complexity index is 1090. The molecular weight excluding hydrogens is 374 g/mol. The molecule has 4 aromatic rings. The van der Waals surface area contributed by atoms with Crippen molar-refractivity contribution in [3.63, 3.8) is 0 Å². The Balaban J connectivity index is 1.59. The van der Waals surface area contributed by atoms with Gasteiger partial charge in [0, 0.05) is 48.4 Å². The van der Waals surface area contributed by atoms with Crippen molar-refractivity contribution in [3.05, 3.63) is 53.9 Å². The largest absolute Gasteiger partial charge is 0.383 e. The highest BCUT2D eigenvalue weighted by atomic mass is 32.2. The lowest BCUT2D eigenvalue weighted by molar-refractivity contribution is 0.185. The van der Waals surface area contributed by atoms with Gasteiger partial charge < -0.3 is 4.74 Å². The van der Waals surface area contributed by atoms with Crippen molar-refractivity contribution in [1.82, 2.24) is 34.1 Å². The Kier molecular flexibility index (Phi) is 5.36. The molecule has 8 nitrogen and oxygen atoms in total. The zero-order chi connectivity index (χ0) is 19.5. The minimum absolute atomic E-state index is 0.584. The van der Waals surface area contributed by atoms with E-state index in [-0.39, 0.29) is 0 Å². The molecule has 28 heavy (non-hydrogen) atoms. The lowest BCUT2D eigenvalue weighted by Gasteiger charge is -2.09. The van der Waals surface area contributed by atoms with Gasteiger partial charge in [0.1, 0.15) is 0 Å². The lowest BCUT2D eigenvalue weighted by atomic mass is 10.2. The molecule has 4 heterocycles. The smallest absolute Gasteiger partial charge is 0.234 e. The number of hydrogen-bond donors (Lipinski definition) is 0. The lowest BCUT2D eigenvalue weighted by Crippen LogP contribution is -2.07. The van der Waals surface area contributed by atoms with E-state index in [1.165, 1.54) is 0 Å². The summed E-state index contributed by atoms with van der Waals surface area (Å²) in [7, 11) is 1.69. The molecule has 0 amide bonds. The van der Waals surface area contributed by atoms with Crippen molar-refractivity contribution in [3.8, 4) is 11.4 Å². The molecule has 0 aliphatic heterocycles. The number of ether oxygens (including phenoxy) is 1. The van der Waals surface area contributed by atoms with Crippen molar-refractivity contribution in [2.24, 2.45) is 0 Å². The van der Waals surface area contributed by atoms with Crippen LogP contribution in [0.1, 0.15) is 17.1 Å². The van der Waals surface area contributed by atoms with E-state index in [1.807, 2.05) is 35.7 Å². The number of fused-ring (bicyclic) bond motifs is 1. The molecule has 0 fully saturated rings. The van der Waals surface area contributed by atoms with Crippen LogP contribution < -0.4 is 0 Å². The third-order valence-electron chi connectivity index (χ3n) is 4.33. The fourth-order valence-electron chi connectivity index (χ4n) is 3.02. The summed E-state index contributed by atoms with van der Waals surface area (Å²) in [6.07, 6.45) is 5.54. The summed E-state index contributed by atoms with van der Waals surface area (Å²) >= 11 is 1.61. The van der Waals surface area contributed by atoms with Crippen molar-refractivity contribution >= 4 is 17.5 Å². The van der Waals surface area contributed by atoms with Crippen LogP contribution in [0.3, 0.4) is 0 Å². The highest BCUT2D eigenvalue weighted by Gasteiger charge is 2.15. The molecule has 0 aromatic carbocycles. The van der Waals surface area contributed by atoms with E-state index in [0.29, 0.717) is 18.9 Å². The zero-order valence-corrected chi connectivity index (χ0v) is 16.8. The van der Waals surface area contributed by atoms with Gasteiger partial charge in [0.25, 0.3) is 0 Å². The number of thioether (sulfide) groups is 1. The average Bonchev–Trinajstić information content (AvgIpc) is 3.29. The summed E-state index contributed by atoms with van der Waals surface area (Å²) in [6.45, 7) is 5.30. The maximum atomic E-state index is 5.27. The number of aryl methyl sites for hydroxylation is 2. The number of aromatic nitrogens is 7. The first-order valence-electron chi connectivity index (χ1n) is 8.93. The van der Waals surface area contributed by atoms with Crippen molar-refractivity contribution < 1.29 is 4.74 Å². The molecule has 0 aliphatic rings. The van der Waals surface area contributed by atoms with Crippen LogP contribution in [0.5, 0.6) is 0 Å². The Morgan fingerprint density at radius 2 is 1.93 bits per heavy atom. The van der Waals surface area contributed by atoms with Gasteiger partial charge in [-0.25, -0.2) is 9.97 Å². The van der Waals surface area contributed by atoms with E-state index in [1.54, 1.807) is 31.3 Å². The molecule has 9 heteroatoms. The van der Waals surface area contributed by atoms with Gasteiger partial charge in [-0.05, 0) is 32.0 Å². The standard InChI is InChI=1S/C19H21N7OS/c1-13-10-14(2)26-11-16(22-18(26)21-13)12-28-19-24-23-17(25(19)8-9-27-3)15-4-6-20-7-5-15/h4-7,10-11H,8-9,12H2,1-3H3. The molecule has 144 valence electrons. The predicted molar refractivity (Wildman–Crippen MR) is 107 cm³/mol. The van der Waals surface area contributed by atoms with Gasteiger partial charge in [-0.2, -0.15) is 0 Å². The Morgan fingerprint density at radius 3 is 2.71 bits per heavy atom. The molecule has 0 N–H and O–H groups in total. The van der Waals surface area contributed by atoms with Crippen molar-refractivity contribution in [1.29, 1.82) is 0 Å². The third kappa shape index (κ3) is 3.76. The average molecular weight is 395 g/mol. The predicted octanol–water partition coefficient (Wildman–Crippen LogP) is 2.94. The first kappa shape index (κ1) is 18.6. The van der Waals surface area contributed by atoms with E-state index >= 15 is 0 Å². The van der Waals surface area contributed by atoms with Crippen LogP contribution in [0, 0.1) is 13.8 Å². The number of methoxy groups -OCH3 is 1. The molecule has 0 saturated carbocycles. The van der Waals surface area contributed by atoms with Gasteiger partial charge in [0.15, 0.2) is 11.0 Å². The van der Waals surface area contributed by atoms with Gasteiger partial charge in [-0.1, -0.05) is 11.8 Å². The summed E-state index contributed by atoms with van der Waals surface area (Å²) in [4.78, 5) is 13.2. The van der Waals surface area contributed by atoms with Gasteiger partial charge >= 0.3 is 0 Å². The highest BCUT2D eigenvalue weighted by Crippen LogP contribution is 2.26. The van der Waals surface area contributed by atoms with Crippen LogP contribution in [0.2, 0.25) is 0 Å². The van der Waals surface area contributed by atoms with Gasteiger partial charge in [0.2, 0.25) is 5.78 Å². The second kappa shape index (κ2) is 8.07. The molecule has 0 atom stereocenters. The van der Waals surface area contributed by atoms with Crippen LogP contribution in [0.15, 0.2) is 41.9 Å². The molecule has 0 unspecified atom stereocenters. The van der Waals surface area contributed by atoms with Crippen molar-refractivity contribution in [2.75, 3.05) is 13.7 Å². The number of hydrogen-bond acceptors (Lipinski definition) is 7. The second-order valence-electron chi connectivity index (χ2n) is 6.42. The summed E-state index contributed by atoms with van der Waals surface area (Å²) in [5.74, 6) is 2.22. The summed E-state index contributed by atoms with van der Waals surface area (Å²) in [5.41, 5.74) is 4.03. The van der Waals surface area contributed by atoms with E-state index in [0.717, 1.165) is 39.4 Å². The molecule has 0 spiro atoms. The molecule has 4 aromatic heterocycles. The Labute approximate surface area is 167 Å². The van der Waals surface area contributed by atoms with E-state index in [2.05, 4.69) is 36.6 Å². The fourth-order valence-corrected chi connectivity index (χ4v) is 3.87.